The van der Waals surface area contributed by atoms with Crippen LogP contribution in [0.3, 0.4) is 0 Å². The standard InChI is InChI=1S/C29H27N5O3/c1-17-8-6-7-9-25(17)34-28(33(4)26-11-10-20(37-5)15-22(26)29(35)36)27(19(3)32-34)21-16-24-23(14-18(21)2)30-12-13-31-24/h6-16H,1-5H3,(H,35,36). The van der Waals surface area contributed by atoms with Crippen molar-refractivity contribution in [2.45, 2.75) is 20.8 Å². The lowest BCUT2D eigenvalue weighted by atomic mass is 9.98. The summed E-state index contributed by atoms with van der Waals surface area (Å²) in [6.07, 6.45) is 3.35. The number of ether oxygens (including phenoxy) is 1. The van der Waals surface area contributed by atoms with Crippen LogP contribution in [0.5, 0.6) is 5.75 Å². The molecule has 0 bridgehead atoms. The molecule has 0 fully saturated rings. The van der Waals surface area contributed by atoms with Gasteiger partial charge in [-0.1, -0.05) is 18.2 Å². The van der Waals surface area contributed by atoms with E-state index in [1.165, 1.54) is 13.2 Å². The summed E-state index contributed by atoms with van der Waals surface area (Å²) >= 11 is 0. The third-order valence-corrected chi connectivity index (χ3v) is 6.58. The van der Waals surface area contributed by atoms with Gasteiger partial charge in [0, 0.05) is 25.0 Å². The number of aromatic nitrogens is 4. The molecule has 2 heterocycles. The second kappa shape index (κ2) is 9.39. The zero-order valence-electron chi connectivity index (χ0n) is 21.4. The quantitative estimate of drug-likeness (QED) is 0.316. The number of carboxylic acids is 1. The Morgan fingerprint density at radius 2 is 1.65 bits per heavy atom. The van der Waals surface area contributed by atoms with Gasteiger partial charge in [0.15, 0.2) is 0 Å². The topological polar surface area (TPSA) is 93.4 Å². The first-order chi connectivity index (χ1) is 17.8. The smallest absolute Gasteiger partial charge is 0.337 e. The van der Waals surface area contributed by atoms with Gasteiger partial charge in [0.1, 0.15) is 11.6 Å². The van der Waals surface area contributed by atoms with Crippen LogP contribution >= 0.6 is 0 Å². The van der Waals surface area contributed by atoms with Crippen molar-refractivity contribution in [1.29, 1.82) is 0 Å². The van der Waals surface area contributed by atoms with Crippen molar-refractivity contribution >= 4 is 28.5 Å². The van der Waals surface area contributed by atoms with Gasteiger partial charge in [-0.05, 0) is 73.9 Å². The zero-order chi connectivity index (χ0) is 26.3. The van der Waals surface area contributed by atoms with Crippen LogP contribution < -0.4 is 9.64 Å². The van der Waals surface area contributed by atoms with Crippen LogP contribution in [0.1, 0.15) is 27.2 Å². The molecule has 0 aliphatic heterocycles. The molecule has 1 N–H and O–H groups in total. The molecule has 37 heavy (non-hydrogen) atoms. The van der Waals surface area contributed by atoms with Gasteiger partial charge in [-0.15, -0.1) is 0 Å². The van der Waals surface area contributed by atoms with Crippen molar-refractivity contribution in [2.75, 3.05) is 19.1 Å². The largest absolute Gasteiger partial charge is 0.497 e. The maximum absolute atomic E-state index is 12.3. The van der Waals surface area contributed by atoms with Crippen molar-refractivity contribution in [1.82, 2.24) is 19.7 Å². The predicted octanol–water partition coefficient (Wildman–Crippen LogP) is 5.88. The maximum Gasteiger partial charge on any atom is 0.337 e. The van der Waals surface area contributed by atoms with Gasteiger partial charge in [-0.3, -0.25) is 9.97 Å². The number of nitrogens with zero attached hydrogens (tertiary/aromatic N) is 5. The van der Waals surface area contributed by atoms with Crippen molar-refractivity contribution < 1.29 is 14.6 Å². The van der Waals surface area contributed by atoms with Crippen LogP contribution in [0, 0.1) is 20.8 Å². The van der Waals surface area contributed by atoms with Crippen LogP contribution in [-0.4, -0.2) is 45.0 Å². The van der Waals surface area contributed by atoms with Gasteiger partial charge in [0.25, 0.3) is 0 Å². The van der Waals surface area contributed by atoms with Gasteiger partial charge in [-0.2, -0.15) is 5.10 Å². The van der Waals surface area contributed by atoms with E-state index in [2.05, 4.69) is 9.97 Å². The van der Waals surface area contributed by atoms with Crippen LogP contribution in [0.4, 0.5) is 11.5 Å². The molecule has 0 aliphatic carbocycles. The minimum absolute atomic E-state index is 0.129. The van der Waals surface area contributed by atoms with E-state index in [1.54, 1.807) is 24.5 Å². The third-order valence-electron chi connectivity index (χ3n) is 6.58. The lowest BCUT2D eigenvalue weighted by Gasteiger charge is -2.25. The fraction of sp³-hybridized carbons (Fsp3) is 0.172. The number of hydrogen-bond donors (Lipinski definition) is 1. The van der Waals surface area contributed by atoms with Crippen molar-refractivity contribution in [3.05, 3.63) is 89.4 Å². The average molecular weight is 494 g/mol. The molecule has 0 atom stereocenters. The van der Waals surface area contributed by atoms with Crippen molar-refractivity contribution in [3.63, 3.8) is 0 Å². The van der Waals surface area contributed by atoms with E-state index in [0.717, 1.165) is 50.5 Å². The maximum atomic E-state index is 12.3. The molecule has 2 aromatic heterocycles. The molecule has 186 valence electrons. The number of hydrogen-bond acceptors (Lipinski definition) is 6. The molecule has 0 aliphatic rings. The predicted molar refractivity (Wildman–Crippen MR) is 144 cm³/mol. The third kappa shape index (κ3) is 4.16. The summed E-state index contributed by atoms with van der Waals surface area (Å²) in [6, 6.07) is 17.1. The van der Waals surface area contributed by atoms with E-state index in [0.29, 0.717) is 11.4 Å². The summed E-state index contributed by atoms with van der Waals surface area (Å²) in [6.45, 7) is 6.03. The summed E-state index contributed by atoms with van der Waals surface area (Å²) in [4.78, 5) is 23.1. The van der Waals surface area contributed by atoms with Crippen molar-refractivity contribution in [3.8, 4) is 22.6 Å². The number of benzene rings is 3. The Morgan fingerprint density at radius 1 is 0.946 bits per heavy atom. The van der Waals surface area contributed by atoms with Crippen molar-refractivity contribution in [2.24, 2.45) is 0 Å². The Bertz CT molecular complexity index is 1660. The summed E-state index contributed by atoms with van der Waals surface area (Å²) < 4.78 is 7.18. The molecular formula is C29H27N5O3. The van der Waals surface area contributed by atoms with E-state index < -0.39 is 5.97 Å². The Labute approximate surface area is 214 Å². The Morgan fingerprint density at radius 3 is 2.32 bits per heavy atom. The SMILES string of the molecule is COc1ccc(N(C)c2c(-c3cc4nccnc4cc3C)c(C)nn2-c2ccccc2C)c(C(=O)O)c1. The molecule has 0 saturated carbocycles. The van der Waals surface area contributed by atoms with E-state index >= 15 is 0 Å². The Hall–Kier alpha value is -4.72. The minimum atomic E-state index is -1.04. The number of fused-ring (bicyclic) bond motifs is 1. The van der Waals surface area contributed by atoms with E-state index in [1.807, 2.05) is 73.8 Å². The first kappa shape index (κ1) is 24.0. The number of carboxylic acid groups (broad SMARTS) is 1. The van der Waals surface area contributed by atoms with Crippen LogP contribution in [0.2, 0.25) is 0 Å². The molecule has 0 saturated heterocycles. The number of carbonyl (C=O) groups is 1. The average Bonchev–Trinajstić information content (AvgIpc) is 3.24. The van der Waals surface area contributed by atoms with E-state index in [-0.39, 0.29) is 5.56 Å². The van der Waals surface area contributed by atoms with Crippen LogP contribution in [0.15, 0.2) is 67.0 Å². The molecule has 0 spiro atoms. The van der Waals surface area contributed by atoms with Gasteiger partial charge < -0.3 is 14.7 Å². The number of aromatic carboxylic acids is 1. The van der Waals surface area contributed by atoms with Gasteiger partial charge >= 0.3 is 5.97 Å². The Kier molecular flexibility index (Phi) is 6.09. The highest BCUT2D eigenvalue weighted by Gasteiger charge is 2.27. The highest BCUT2D eigenvalue weighted by atomic mass is 16.5. The number of para-hydroxylation sites is 1. The molecule has 5 rings (SSSR count). The Balaban J connectivity index is 1.83. The normalized spacial score (nSPS) is 11.1. The van der Waals surface area contributed by atoms with E-state index in [9.17, 15) is 9.90 Å². The molecule has 0 unspecified atom stereocenters. The fourth-order valence-electron chi connectivity index (χ4n) is 4.71. The molecule has 3 aromatic carbocycles. The molecule has 0 radical (unpaired) electrons. The summed E-state index contributed by atoms with van der Waals surface area (Å²) in [5.74, 6) is 0.172. The second-order valence-corrected chi connectivity index (χ2v) is 8.94. The highest BCUT2D eigenvalue weighted by Crippen LogP contribution is 2.42. The summed E-state index contributed by atoms with van der Waals surface area (Å²) in [7, 11) is 3.38. The second-order valence-electron chi connectivity index (χ2n) is 8.94. The molecule has 8 heteroatoms. The van der Waals surface area contributed by atoms with Crippen LogP contribution in [0.25, 0.3) is 27.8 Å². The lowest BCUT2D eigenvalue weighted by molar-refractivity contribution is 0.0697. The highest BCUT2D eigenvalue weighted by molar-refractivity contribution is 5.98. The molecule has 8 nitrogen and oxygen atoms in total. The molecular weight excluding hydrogens is 466 g/mol. The fourth-order valence-corrected chi connectivity index (χ4v) is 4.71. The first-order valence-corrected chi connectivity index (χ1v) is 11.8. The summed E-state index contributed by atoms with van der Waals surface area (Å²) in [5.41, 5.74) is 7.85. The van der Waals surface area contributed by atoms with Gasteiger partial charge in [-0.25, -0.2) is 9.48 Å². The zero-order valence-corrected chi connectivity index (χ0v) is 21.4. The number of anilines is 2. The minimum Gasteiger partial charge on any atom is -0.497 e. The number of aryl methyl sites for hydroxylation is 3. The number of methoxy groups -OCH3 is 1. The molecule has 5 aromatic rings. The summed E-state index contributed by atoms with van der Waals surface area (Å²) in [5, 5.41) is 15.0. The first-order valence-electron chi connectivity index (χ1n) is 11.8. The van der Waals surface area contributed by atoms with E-state index in [4.69, 9.17) is 9.84 Å². The molecule has 0 amide bonds. The monoisotopic (exact) mass is 493 g/mol. The van der Waals surface area contributed by atoms with Gasteiger partial charge in [0.2, 0.25) is 0 Å². The number of rotatable bonds is 6. The van der Waals surface area contributed by atoms with Crippen LogP contribution in [-0.2, 0) is 0 Å². The lowest BCUT2D eigenvalue weighted by Crippen LogP contribution is -2.19. The van der Waals surface area contributed by atoms with Gasteiger partial charge in [0.05, 0.1) is 40.8 Å².